The number of hydrogen-bond acceptors (Lipinski definition) is 10. The number of aromatic nitrogens is 1. The molecule has 2 heterocycles. The number of allylic oxidation sites excluding steroid dienone is 1. The van der Waals surface area contributed by atoms with Crippen molar-refractivity contribution >= 4 is 23.7 Å². The van der Waals surface area contributed by atoms with E-state index in [2.05, 4.69) is 33.1 Å². The monoisotopic (exact) mass is 482 g/mol. The number of carbonyl (C=O) groups is 1. The van der Waals surface area contributed by atoms with Gasteiger partial charge in [-0.1, -0.05) is 13.0 Å². The van der Waals surface area contributed by atoms with Crippen LogP contribution in [0.5, 0.6) is 0 Å². The predicted molar refractivity (Wildman–Crippen MR) is 131 cm³/mol. The van der Waals surface area contributed by atoms with Gasteiger partial charge >= 0.3 is 0 Å². The fourth-order valence-electron chi connectivity index (χ4n) is 3.34. The molecular weight excluding hydrogens is 444 g/mol. The van der Waals surface area contributed by atoms with Crippen molar-refractivity contribution in [1.82, 2.24) is 25.0 Å². The van der Waals surface area contributed by atoms with Crippen LogP contribution >= 0.6 is 11.8 Å². The Labute approximate surface area is 200 Å². The average Bonchev–Trinajstić information content (AvgIpc) is 3.24. The highest BCUT2D eigenvalue weighted by Gasteiger charge is 2.22. The van der Waals surface area contributed by atoms with Crippen molar-refractivity contribution in [2.24, 2.45) is 0 Å². The third kappa shape index (κ3) is 9.48. The highest BCUT2D eigenvalue weighted by Crippen LogP contribution is 2.21. The number of nitrogen functional groups attached to an aromatic ring is 1. The van der Waals surface area contributed by atoms with Gasteiger partial charge in [0.25, 0.3) is 11.9 Å². The number of nitrogens with two attached hydrogens (primary N) is 1. The number of hydrogen-bond donors (Lipinski definition) is 3. The second-order valence-corrected chi connectivity index (χ2v) is 8.86. The number of anilines is 1. The van der Waals surface area contributed by atoms with Gasteiger partial charge in [0.2, 0.25) is 6.41 Å². The number of ether oxygens (including phenoxy) is 1. The number of aliphatic hydroxyl groups is 1. The summed E-state index contributed by atoms with van der Waals surface area (Å²) in [4.78, 5) is 23.8. The van der Waals surface area contributed by atoms with Crippen LogP contribution in [0.15, 0.2) is 33.4 Å². The minimum atomic E-state index is -0.870. The number of nitrogens with one attached hydrogen (secondary N) is 1. The first kappa shape index (κ1) is 27.4. The van der Waals surface area contributed by atoms with Crippen molar-refractivity contribution in [3.8, 4) is 0 Å². The Kier molecular flexibility index (Phi) is 11.9. The van der Waals surface area contributed by atoms with Gasteiger partial charge in [-0.15, -0.1) is 11.8 Å². The van der Waals surface area contributed by atoms with Gasteiger partial charge in [-0.2, -0.15) is 4.98 Å². The van der Waals surface area contributed by atoms with Gasteiger partial charge in [-0.05, 0) is 45.8 Å². The highest BCUT2D eigenvalue weighted by atomic mass is 32.2. The van der Waals surface area contributed by atoms with E-state index < -0.39 is 6.41 Å². The fourth-order valence-corrected chi connectivity index (χ4v) is 4.03. The summed E-state index contributed by atoms with van der Waals surface area (Å²) in [6.45, 7) is 7.20. The van der Waals surface area contributed by atoms with E-state index in [1.165, 1.54) is 6.26 Å². The lowest BCUT2D eigenvalue weighted by Crippen LogP contribution is -2.51. The molecule has 33 heavy (non-hydrogen) atoms. The molecule has 1 aromatic heterocycles. The number of amides is 1. The number of piperazine rings is 1. The molecule has 1 aromatic rings. The molecule has 2 rings (SSSR count). The number of rotatable bonds is 13. The minimum Gasteiger partial charge on any atom is -0.431 e. The van der Waals surface area contributed by atoms with E-state index >= 15 is 0 Å². The molecule has 0 radical (unpaired) electrons. The molecule has 186 valence electrons. The van der Waals surface area contributed by atoms with Crippen LogP contribution in [0.3, 0.4) is 0 Å². The molecular formula is C22H38N6O4S. The molecule has 1 aliphatic heterocycles. The second kappa shape index (κ2) is 14.4. The summed E-state index contributed by atoms with van der Waals surface area (Å²) in [6.07, 6.45) is 8.19. The van der Waals surface area contributed by atoms with Crippen molar-refractivity contribution in [2.75, 3.05) is 72.0 Å². The first-order chi connectivity index (χ1) is 15.8. The third-order valence-corrected chi connectivity index (χ3v) is 5.99. The molecule has 1 unspecified atom stereocenters. The van der Waals surface area contributed by atoms with Crippen LogP contribution in [0.1, 0.15) is 30.3 Å². The number of carbonyl (C=O) groups excluding carboxylic acids is 1. The Morgan fingerprint density at radius 2 is 2.12 bits per heavy atom. The molecule has 1 atom stereocenters. The van der Waals surface area contributed by atoms with Gasteiger partial charge in [0.1, 0.15) is 6.26 Å². The molecule has 11 heteroatoms. The molecule has 1 aliphatic rings. The molecule has 1 fully saturated rings. The summed E-state index contributed by atoms with van der Waals surface area (Å²) >= 11 is 1.58. The van der Waals surface area contributed by atoms with Gasteiger partial charge in [-0.3, -0.25) is 14.6 Å². The van der Waals surface area contributed by atoms with E-state index in [1.807, 2.05) is 31.3 Å². The van der Waals surface area contributed by atoms with Crippen LogP contribution in [0.25, 0.3) is 0 Å². The third-order valence-electron chi connectivity index (χ3n) is 5.17. The molecule has 1 saturated heterocycles. The van der Waals surface area contributed by atoms with Gasteiger partial charge in [0.15, 0.2) is 5.69 Å². The first-order valence-corrected chi connectivity index (χ1v) is 12.4. The van der Waals surface area contributed by atoms with Crippen molar-refractivity contribution in [3.63, 3.8) is 0 Å². The van der Waals surface area contributed by atoms with Crippen LogP contribution in [0, 0.1) is 0 Å². The number of thioether (sulfide) groups is 1. The van der Waals surface area contributed by atoms with E-state index in [1.54, 1.807) is 11.8 Å². The number of nitrogens with zero attached hydrogens (tertiary/aromatic N) is 4. The van der Waals surface area contributed by atoms with Crippen molar-refractivity contribution < 1.29 is 19.1 Å². The van der Waals surface area contributed by atoms with Gasteiger partial charge in [0.05, 0.1) is 12.3 Å². The van der Waals surface area contributed by atoms with Gasteiger partial charge in [-0.25, -0.2) is 0 Å². The summed E-state index contributed by atoms with van der Waals surface area (Å²) in [7, 11) is 4.04. The molecule has 0 spiro atoms. The lowest BCUT2D eigenvalue weighted by atomic mass is 10.2. The normalized spacial score (nSPS) is 17.5. The topological polar surface area (TPSA) is 120 Å². The zero-order valence-electron chi connectivity index (χ0n) is 20.1. The molecule has 0 bridgehead atoms. The minimum absolute atomic E-state index is 0.0402. The molecule has 10 nitrogen and oxygen atoms in total. The maximum absolute atomic E-state index is 12.6. The van der Waals surface area contributed by atoms with E-state index in [-0.39, 0.29) is 17.6 Å². The zero-order valence-corrected chi connectivity index (χ0v) is 20.9. The van der Waals surface area contributed by atoms with E-state index in [4.69, 9.17) is 14.9 Å². The van der Waals surface area contributed by atoms with E-state index in [0.717, 1.165) is 43.1 Å². The highest BCUT2D eigenvalue weighted by molar-refractivity contribution is 8.02. The quantitative estimate of drug-likeness (QED) is 0.216. The fraction of sp³-hybridized carbons (Fsp3) is 0.636. The van der Waals surface area contributed by atoms with Crippen molar-refractivity contribution in [2.45, 2.75) is 26.2 Å². The smallest absolute Gasteiger partial charge is 0.292 e. The zero-order chi connectivity index (χ0) is 24.2. The maximum Gasteiger partial charge on any atom is 0.292 e. The Hall–Kier alpha value is -1.89. The molecule has 0 saturated carbocycles. The standard InChI is InChI=1S/C22H38N6O4S/c1-5-7-19(33-4)17(24-20(29)18-16-32-21(23)25-18)8-10-27-11-13-28(14-12-27)22(30)31-15-6-9-26(2)3/h7-8,16,22,30H,5-6,9-15H2,1-4H3,(H2,23,25)(H,24,29)/b17-8+,19-7+. The SMILES string of the molecule is CC/C=C(SC)\C(=C/CN1CCN(C(O)OCCCN(C)C)CC1)NC(=O)c1coc(N)n1. The van der Waals surface area contributed by atoms with Crippen LogP contribution < -0.4 is 11.1 Å². The lowest BCUT2D eigenvalue weighted by Gasteiger charge is -2.36. The second-order valence-electron chi connectivity index (χ2n) is 8.01. The Morgan fingerprint density at radius 3 is 2.70 bits per heavy atom. The van der Waals surface area contributed by atoms with Crippen LogP contribution in [0.2, 0.25) is 0 Å². The molecule has 0 aromatic carbocycles. The largest absolute Gasteiger partial charge is 0.431 e. The summed E-state index contributed by atoms with van der Waals surface area (Å²) in [5.41, 5.74) is 6.37. The lowest BCUT2D eigenvalue weighted by molar-refractivity contribution is -0.200. The van der Waals surface area contributed by atoms with E-state index in [0.29, 0.717) is 26.2 Å². The molecule has 0 aliphatic carbocycles. The number of aliphatic hydroxyl groups excluding tert-OH is 1. The Bertz CT molecular complexity index is 790. The summed E-state index contributed by atoms with van der Waals surface area (Å²) in [6, 6.07) is -0.0402. The van der Waals surface area contributed by atoms with Crippen LogP contribution in [0.4, 0.5) is 6.01 Å². The average molecular weight is 483 g/mol. The Morgan fingerprint density at radius 1 is 1.39 bits per heavy atom. The molecule has 1 amide bonds. The van der Waals surface area contributed by atoms with Gasteiger partial charge < -0.3 is 30.2 Å². The molecule has 4 N–H and O–H groups in total. The van der Waals surface area contributed by atoms with E-state index in [9.17, 15) is 9.90 Å². The summed E-state index contributed by atoms with van der Waals surface area (Å²) < 4.78 is 10.5. The number of oxazole rings is 1. The van der Waals surface area contributed by atoms with Gasteiger partial charge in [0, 0.05) is 37.6 Å². The van der Waals surface area contributed by atoms with Crippen molar-refractivity contribution in [1.29, 1.82) is 0 Å². The van der Waals surface area contributed by atoms with Crippen molar-refractivity contribution in [3.05, 3.63) is 34.7 Å². The summed E-state index contributed by atoms with van der Waals surface area (Å²) in [5.74, 6) is -0.364. The maximum atomic E-state index is 12.6. The first-order valence-electron chi connectivity index (χ1n) is 11.2. The Balaban J connectivity index is 1.90. The van der Waals surface area contributed by atoms with Crippen LogP contribution in [-0.4, -0.2) is 103 Å². The summed E-state index contributed by atoms with van der Waals surface area (Å²) in [5, 5.41) is 13.2. The predicted octanol–water partition coefficient (Wildman–Crippen LogP) is 1.39. The van der Waals surface area contributed by atoms with Crippen LogP contribution in [-0.2, 0) is 4.74 Å².